The van der Waals surface area contributed by atoms with Crippen LogP contribution in [0, 0.1) is 0 Å². The highest BCUT2D eigenvalue weighted by Crippen LogP contribution is 2.35. The molecule has 0 fully saturated rings. The summed E-state index contributed by atoms with van der Waals surface area (Å²) < 4.78 is 15.7. The van der Waals surface area contributed by atoms with Crippen LogP contribution in [0.3, 0.4) is 0 Å². The minimum atomic E-state index is -0.883. The molecule has 0 bridgehead atoms. The van der Waals surface area contributed by atoms with Crippen molar-refractivity contribution in [3.05, 3.63) is 41.0 Å². The summed E-state index contributed by atoms with van der Waals surface area (Å²) in [5, 5.41) is 28.5. The molecule has 0 aliphatic carbocycles. The van der Waals surface area contributed by atoms with Gasteiger partial charge in [0.15, 0.2) is 17.1 Å². The maximum absolute atomic E-state index is 11.9. The van der Waals surface area contributed by atoms with Gasteiger partial charge in [0.25, 0.3) is 5.75 Å². The largest absolute Gasteiger partial charge is 0.504 e. The van der Waals surface area contributed by atoms with Crippen molar-refractivity contribution in [3.8, 4) is 17.2 Å². The van der Waals surface area contributed by atoms with Crippen LogP contribution in [-0.4, -0.2) is 34.6 Å². The molecule has 0 aliphatic rings. The zero-order chi connectivity index (χ0) is 16.8. The van der Waals surface area contributed by atoms with Crippen LogP contribution >= 0.6 is 0 Å². The number of hydrogen-bond acceptors (Lipinski definition) is 7. The number of ether oxygens (including phenoxy) is 2. The minimum Gasteiger partial charge on any atom is -0.504 e. The van der Waals surface area contributed by atoms with Crippen molar-refractivity contribution in [1.29, 1.82) is 0 Å². The maximum atomic E-state index is 11.9. The lowest BCUT2D eigenvalue weighted by molar-refractivity contribution is 0.0754. The van der Waals surface area contributed by atoms with E-state index in [4.69, 9.17) is 19.0 Å². The van der Waals surface area contributed by atoms with Crippen LogP contribution < -0.4 is 15.1 Å². The third kappa shape index (κ3) is 3.82. The highest BCUT2D eigenvalue weighted by Gasteiger charge is 2.17. The number of aliphatic hydroxyl groups is 2. The molecule has 1 atom stereocenters. The van der Waals surface area contributed by atoms with Crippen molar-refractivity contribution in [2.45, 2.75) is 19.4 Å². The number of para-hydroxylation sites is 1. The van der Waals surface area contributed by atoms with Crippen molar-refractivity contribution in [1.82, 2.24) is 0 Å². The lowest BCUT2D eigenvalue weighted by Crippen LogP contribution is -2.16. The Balaban J connectivity index is 2.36. The van der Waals surface area contributed by atoms with Gasteiger partial charge in [-0.15, -0.1) is 0 Å². The fraction of sp³-hybridized carbons (Fsp3) is 0.312. The quantitative estimate of drug-likeness (QED) is 0.524. The number of aliphatic hydroxyl groups excluding tert-OH is 2. The maximum Gasteiger partial charge on any atom is 0.383 e. The molecule has 0 spiro atoms. The molecule has 0 radical (unpaired) electrons. The van der Waals surface area contributed by atoms with Crippen LogP contribution in [0.15, 0.2) is 39.7 Å². The molecule has 3 N–H and O–H groups in total. The van der Waals surface area contributed by atoms with Crippen LogP contribution in [0.25, 0.3) is 11.0 Å². The second kappa shape index (κ2) is 7.66. The molecule has 0 aliphatic heterocycles. The SMILES string of the molecule is CC=COc1c(O)c2cccc(OCCC(O)CO)c2oc1=O. The first-order valence-corrected chi connectivity index (χ1v) is 7.06. The van der Waals surface area contributed by atoms with Crippen LogP contribution in [0.5, 0.6) is 17.2 Å². The monoisotopic (exact) mass is 322 g/mol. The standard InChI is InChI=1S/C16H18O7/c1-2-7-22-15-13(19)11-4-3-5-12(14(11)23-16(15)20)21-8-6-10(18)9-17/h2-5,7,10,17-19H,6,8-9H2,1H3. The topological polar surface area (TPSA) is 109 Å². The van der Waals surface area contributed by atoms with Gasteiger partial charge in [0.2, 0.25) is 0 Å². The summed E-state index contributed by atoms with van der Waals surface area (Å²) in [6.07, 6.45) is 2.15. The summed E-state index contributed by atoms with van der Waals surface area (Å²) in [5.41, 5.74) is -0.749. The number of aromatic hydroxyl groups is 1. The molecule has 1 unspecified atom stereocenters. The van der Waals surface area contributed by atoms with E-state index in [1.807, 2.05) is 0 Å². The van der Waals surface area contributed by atoms with Gasteiger partial charge in [-0.05, 0) is 19.1 Å². The van der Waals surface area contributed by atoms with E-state index in [0.717, 1.165) is 0 Å². The molecule has 1 aromatic carbocycles. The number of benzene rings is 1. The molecule has 0 saturated carbocycles. The first kappa shape index (κ1) is 16.9. The molecule has 7 heteroatoms. The molecule has 0 saturated heterocycles. The fourth-order valence-electron chi connectivity index (χ4n) is 1.92. The van der Waals surface area contributed by atoms with Gasteiger partial charge < -0.3 is 29.2 Å². The van der Waals surface area contributed by atoms with Crippen molar-refractivity contribution >= 4 is 11.0 Å². The lowest BCUT2D eigenvalue weighted by Gasteiger charge is -2.11. The molecule has 124 valence electrons. The van der Waals surface area contributed by atoms with Crippen molar-refractivity contribution < 1.29 is 29.2 Å². The Morgan fingerprint density at radius 1 is 1.39 bits per heavy atom. The van der Waals surface area contributed by atoms with Gasteiger partial charge in [-0.3, -0.25) is 0 Å². The van der Waals surface area contributed by atoms with Gasteiger partial charge in [-0.25, -0.2) is 4.79 Å². The Hall–Kier alpha value is -2.51. The number of hydrogen-bond donors (Lipinski definition) is 3. The minimum absolute atomic E-state index is 0.0846. The van der Waals surface area contributed by atoms with Crippen LogP contribution in [0.2, 0.25) is 0 Å². The number of fused-ring (bicyclic) bond motifs is 1. The lowest BCUT2D eigenvalue weighted by atomic mass is 10.2. The fourth-order valence-corrected chi connectivity index (χ4v) is 1.92. The van der Waals surface area contributed by atoms with Gasteiger partial charge in [0, 0.05) is 6.42 Å². The predicted octanol–water partition coefficient (Wildman–Crippen LogP) is 1.53. The smallest absolute Gasteiger partial charge is 0.383 e. The molecule has 0 amide bonds. The van der Waals surface area contributed by atoms with Crippen LogP contribution in [0.1, 0.15) is 13.3 Å². The van der Waals surface area contributed by atoms with Gasteiger partial charge >= 0.3 is 5.63 Å². The summed E-state index contributed by atoms with van der Waals surface area (Å²) in [7, 11) is 0. The Morgan fingerprint density at radius 3 is 2.87 bits per heavy atom. The van der Waals surface area contributed by atoms with Crippen molar-refractivity contribution in [3.63, 3.8) is 0 Å². The average Bonchev–Trinajstić information content (AvgIpc) is 2.55. The van der Waals surface area contributed by atoms with E-state index in [1.165, 1.54) is 6.26 Å². The summed E-state index contributed by atoms with van der Waals surface area (Å²) >= 11 is 0. The molecule has 1 aromatic heterocycles. The summed E-state index contributed by atoms with van der Waals surface area (Å²) in [6, 6.07) is 4.76. The normalized spacial score (nSPS) is 12.7. The van der Waals surface area contributed by atoms with Gasteiger partial charge in [0.05, 0.1) is 31.0 Å². The molecule has 2 rings (SSSR count). The van der Waals surface area contributed by atoms with Gasteiger partial charge in [0.1, 0.15) is 0 Å². The Morgan fingerprint density at radius 2 is 2.17 bits per heavy atom. The van der Waals surface area contributed by atoms with Crippen LogP contribution in [0.4, 0.5) is 0 Å². The van der Waals surface area contributed by atoms with E-state index in [2.05, 4.69) is 0 Å². The molecule has 1 heterocycles. The number of allylic oxidation sites excluding steroid dienone is 1. The Bertz CT molecular complexity index is 748. The highest BCUT2D eigenvalue weighted by atomic mass is 16.5. The third-order valence-electron chi connectivity index (χ3n) is 3.07. The first-order chi connectivity index (χ1) is 11.1. The van der Waals surface area contributed by atoms with E-state index in [-0.39, 0.29) is 47.9 Å². The molecule has 2 aromatic rings. The second-order valence-electron chi connectivity index (χ2n) is 4.76. The summed E-state index contributed by atoms with van der Waals surface area (Å²) in [6.45, 7) is 1.45. The van der Waals surface area contributed by atoms with E-state index in [9.17, 15) is 15.0 Å². The van der Waals surface area contributed by atoms with Crippen LogP contribution in [-0.2, 0) is 0 Å². The third-order valence-corrected chi connectivity index (χ3v) is 3.07. The molecular formula is C16H18O7. The van der Waals surface area contributed by atoms with E-state index in [0.29, 0.717) is 0 Å². The van der Waals surface area contributed by atoms with Crippen molar-refractivity contribution in [2.75, 3.05) is 13.2 Å². The Kier molecular flexibility index (Phi) is 5.61. The van der Waals surface area contributed by atoms with E-state index >= 15 is 0 Å². The van der Waals surface area contributed by atoms with E-state index < -0.39 is 11.7 Å². The summed E-state index contributed by atoms with van der Waals surface area (Å²) in [4.78, 5) is 11.9. The molecular weight excluding hydrogens is 304 g/mol. The highest BCUT2D eigenvalue weighted by molar-refractivity contribution is 5.89. The zero-order valence-corrected chi connectivity index (χ0v) is 12.6. The van der Waals surface area contributed by atoms with Gasteiger partial charge in [-0.2, -0.15) is 0 Å². The number of rotatable bonds is 7. The molecule has 7 nitrogen and oxygen atoms in total. The first-order valence-electron chi connectivity index (χ1n) is 7.06. The Labute approximate surface area is 132 Å². The predicted molar refractivity (Wildman–Crippen MR) is 82.8 cm³/mol. The molecule has 23 heavy (non-hydrogen) atoms. The summed E-state index contributed by atoms with van der Waals surface area (Å²) in [5.74, 6) is -0.392. The average molecular weight is 322 g/mol. The van der Waals surface area contributed by atoms with Crippen molar-refractivity contribution in [2.24, 2.45) is 0 Å². The van der Waals surface area contributed by atoms with Gasteiger partial charge in [-0.1, -0.05) is 12.1 Å². The second-order valence-corrected chi connectivity index (χ2v) is 4.76. The van der Waals surface area contributed by atoms with E-state index in [1.54, 1.807) is 31.2 Å². The zero-order valence-electron chi connectivity index (χ0n) is 12.6.